The van der Waals surface area contributed by atoms with Crippen molar-refractivity contribution in [3.05, 3.63) is 0 Å². The van der Waals surface area contributed by atoms with Gasteiger partial charge in [0, 0.05) is 12.6 Å². The number of nitrogens with zero attached hydrogens (tertiary/aromatic N) is 2. The summed E-state index contributed by atoms with van der Waals surface area (Å²) in [5, 5.41) is 2.83. The molecule has 2 saturated heterocycles. The molecule has 2 aliphatic rings. The average Bonchev–Trinajstić information content (AvgIpc) is 2.37. The zero-order chi connectivity index (χ0) is 14.7. The van der Waals surface area contributed by atoms with Gasteiger partial charge in [-0.1, -0.05) is 20.3 Å². The largest absolute Gasteiger partial charge is 0.343 e. The van der Waals surface area contributed by atoms with Crippen molar-refractivity contribution in [2.24, 2.45) is 5.92 Å². The fourth-order valence-corrected chi connectivity index (χ4v) is 3.19. The second-order valence-electron chi connectivity index (χ2n) is 6.60. The highest BCUT2D eigenvalue weighted by molar-refractivity contribution is 5.94. The molecule has 2 fully saturated rings. The summed E-state index contributed by atoms with van der Waals surface area (Å²) in [6.07, 6.45) is 4.30. The molecule has 5 nitrogen and oxygen atoms in total. The van der Waals surface area contributed by atoms with Crippen LogP contribution in [0.15, 0.2) is 0 Å². The van der Waals surface area contributed by atoms with E-state index in [1.54, 1.807) is 4.90 Å². The Kier molecular flexibility index (Phi) is 5.02. The molecular formula is C15H27N3O2. The maximum atomic E-state index is 12.5. The summed E-state index contributed by atoms with van der Waals surface area (Å²) in [6, 6.07) is 0.0726. The first-order chi connectivity index (χ1) is 9.47. The molecule has 114 valence electrons. The van der Waals surface area contributed by atoms with E-state index in [0.29, 0.717) is 18.5 Å². The van der Waals surface area contributed by atoms with Crippen molar-refractivity contribution < 1.29 is 9.59 Å². The molecule has 0 radical (unpaired) electrons. The fourth-order valence-electron chi connectivity index (χ4n) is 3.19. The molecule has 2 heterocycles. The van der Waals surface area contributed by atoms with Gasteiger partial charge < -0.3 is 15.1 Å². The summed E-state index contributed by atoms with van der Waals surface area (Å²) in [5.41, 5.74) is 0. The zero-order valence-electron chi connectivity index (χ0n) is 12.9. The fraction of sp³-hybridized carbons (Fsp3) is 0.867. The number of piperazine rings is 1. The van der Waals surface area contributed by atoms with Crippen LogP contribution in [0.1, 0.15) is 39.5 Å². The SMILES string of the molecule is CC(C)CC1NC(=O)CN(CC2CCCCN2C)C1=O. The van der Waals surface area contributed by atoms with Crippen LogP contribution < -0.4 is 5.32 Å². The van der Waals surface area contributed by atoms with Gasteiger partial charge in [-0.25, -0.2) is 0 Å². The number of rotatable bonds is 4. The first kappa shape index (κ1) is 15.3. The lowest BCUT2D eigenvalue weighted by Crippen LogP contribution is -2.60. The third-order valence-corrected chi connectivity index (χ3v) is 4.34. The van der Waals surface area contributed by atoms with Crippen molar-refractivity contribution in [1.82, 2.24) is 15.1 Å². The summed E-state index contributed by atoms with van der Waals surface area (Å²) >= 11 is 0. The number of likely N-dealkylation sites (N-methyl/N-ethyl adjacent to an activating group) is 1. The van der Waals surface area contributed by atoms with Crippen molar-refractivity contribution in [1.29, 1.82) is 0 Å². The molecule has 0 saturated carbocycles. The molecule has 0 aromatic carbocycles. The summed E-state index contributed by atoms with van der Waals surface area (Å²) in [6.45, 7) is 6.16. The number of carbonyl (C=O) groups excluding carboxylic acids is 2. The Labute approximate surface area is 121 Å². The summed E-state index contributed by atoms with van der Waals surface area (Å²) in [7, 11) is 2.12. The van der Waals surface area contributed by atoms with Gasteiger partial charge in [0.15, 0.2) is 0 Å². The average molecular weight is 281 g/mol. The molecule has 2 rings (SSSR count). The van der Waals surface area contributed by atoms with Gasteiger partial charge in [-0.3, -0.25) is 9.59 Å². The lowest BCUT2D eigenvalue weighted by Gasteiger charge is -2.39. The molecule has 0 aliphatic carbocycles. The number of amides is 2. The van der Waals surface area contributed by atoms with E-state index in [1.807, 2.05) is 0 Å². The second kappa shape index (κ2) is 6.57. The van der Waals surface area contributed by atoms with Gasteiger partial charge in [-0.2, -0.15) is 0 Å². The normalized spacial score (nSPS) is 28.9. The maximum Gasteiger partial charge on any atom is 0.245 e. The van der Waals surface area contributed by atoms with E-state index in [1.165, 1.54) is 12.8 Å². The van der Waals surface area contributed by atoms with Crippen LogP contribution in [0.25, 0.3) is 0 Å². The standard InChI is InChI=1S/C15H27N3O2/c1-11(2)8-13-15(20)18(10-14(19)16-13)9-12-6-4-5-7-17(12)3/h11-13H,4-10H2,1-3H3,(H,16,19). The highest BCUT2D eigenvalue weighted by Gasteiger charge is 2.34. The molecular weight excluding hydrogens is 254 g/mol. The Morgan fingerprint density at radius 3 is 2.70 bits per heavy atom. The molecule has 1 N–H and O–H groups in total. The van der Waals surface area contributed by atoms with Gasteiger partial charge in [-0.05, 0) is 38.8 Å². The van der Waals surface area contributed by atoms with Crippen LogP contribution in [-0.2, 0) is 9.59 Å². The number of hydrogen-bond donors (Lipinski definition) is 1. The van der Waals surface area contributed by atoms with E-state index in [2.05, 4.69) is 31.1 Å². The van der Waals surface area contributed by atoms with Crippen molar-refractivity contribution in [3.8, 4) is 0 Å². The summed E-state index contributed by atoms with van der Waals surface area (Å²) in [5.74, 6) is 0.479. The second-order valence-corrected chi connectivity index (χ2v) is 6.60. The minimum atomic E-state index is -0.329. The monoisotopic (exact) mass is 281 g/mol. The minimum Gasteiger partial charge on any atom is -0.343 e. The molecule has 2 amide bonds. The van der Waals surface area contributed by atoms with E-state index in [4.69, 9.17) is 0 Å². The number of likely N-dealkylation sites (tertiary alicyclic amines) is 1. The first-order valence-corrected chi connectivity index (χ1v) is 7.75. The third kappa shape index (κ3) is 3.72. The van der Waals surface area contributed by atoms with Gasteiger partial charge in [0.25, 0.3) is 0 Å². The highest BCUT2D eigenvalue weighted by Crippen LogP contribution is 2.18. The van der Waals surface area contributed by atoms with Crippen LogP contribution in [0.2, 0.25) is 0 Å². The molecule has 20 heavy (non-hydrogen) atoms. The van der Waals surface area contributed by atoms with Crippen LogP contribution in [0, 0.1) is 5.92 Å². The van der Waals surface area contributed by atoms with E-state index >= 15 is 0 Å². The van der Waals surface area contributed by atoms with Crippen molar-refractivity contribution >= 4 is 11.8 Å². The van der Waals surface area contributed by atoms with Crippen molar-refractivity contribution in [2.75, 3.05) is 26.7 Å². The Morgan fingerprint density at radius 1 is 1.30 bits per heavy atom. The van der Waals surface area contributed by atoms with Crippen molar-refractivity contribution in [2.45, 2.75) is 51.6 Å². The zero-order valence-corrected chi connectivity index (χ0v) is 12.9. The van der Waals surface area contributed by atoms with E-state index in [0.717, 1.165) is 19.4 Å². The molecule has 5 heteroatoms. The van der Waals surface area contributed by atoms with Gasteiger partial charge in [0.2, 0.25) is 11.8 Å². The predicted molar refractivity (Wildman–Crippen MR) is 78.2 cm³/mol. The minimum absolute atomic E-state index is 0.0197. The first-order valence-electron chi connectivity index (χ1n) is 7.75. The summed E-state index contributed by atoms with van der Waals surface area (Å²) < 4.78 is 0. The predicted octanol–water partition coefficient (Wildman–Crippen LogP) is 0.844. The van der Waals surface area contributed by atoms with Gasteiger partial charge in [-0.15, -0.1) is 0 Å². The van der Waals surface area contributed by atoms with E-state index in [9.17, 15) is 9.59 Å². The smallest absolute Gasteiger partial charge is 0.245 e. The highest BCUT2D eigenvalue weighted by atomic mass is 16.2. The molecule has 0 aromatic heterocycles. The summed E-state index contributed by atoms with van der Waals surface area (Å²) in [4.78, 5) is 28.4. The van der Waals surface area contributed by atoms with E-state index < -0.39 is 0 Å². The third-order valence-electron chi connectivity index (χ3n) is 4.34. The van der Waals surface area contributed by atoms with Crippen molar-refractivity contribution in [3.63, 3.8) is 0 Å². The molecule has 0 spiro atoms. The number of piperidine rings is 1. The number of carbonyl (C=O) groups is 2. The van der Waals surface area contributed by atoms with Crippen LogP contribution in [0.3, 0.4) is 0 Å². The Morgan fingerprint density at radius 2 is 2.05 bits per heavy atom. The Balaban J connectivity index is 1.98. The van der Waals surface area contributed by atoms with Crippen LogP contribution in [0.5, 0.6) is 0 Å². The molecule has 0 aromatic rings. The lowest BCUT2D eigenvalue weighted by molar-refractivity contribution is -0.145. The quantitative estimate of drug-likeness (QED) is 0.831. The molecule has 2 aliphatic heterocycles. The van der Waals surface area contributed by atoms with Crippen LogP contribution >= 0.6 is 0 Å². The molecule has 2 unspecified atom stereocenters. The van der Waals surface area contributed by atoms with E-state index in [-0.39, 0.29) is 24.4 Å². The van der Waals surface area contributed by atoms with Gasteiger partial charge in [0.1, 0.15) is 6.04 Å². The van der Waals surface area contributed by atoms with Crippen LogP contribution in [0.4, 0.5) is 0 Å². The van der Waals surface area contributed by atoms with Gasteiger partial charge >= 0.3 is 0 Å². The number of nitrogens with one attached hydrogen (secondary N) is 1. The Hall–Kier alpha value is -1.10. The molecule has 2 atom stereocenters. The Bertz CT molecular complexity index is 370. The van der Waals surface area contributed by atoms with Crippen LogP contribution in [-0.4, -0.2) is 60.4 Å². The number of hydrogen-bond acceptors (Lipinski definition) is 3. The maximum absolute atomic E-state index is 12.5. The lowest BCUT2D eigenvalue weighted by atomic mass is 9.99. The topological polar surface area (TPSA) is 52.7 Å². The molecule has 0 bridgehead atoms. The van der Waals surface area contributed by atoms with Gasteiger partial charge in [0.05, 0.1) is 6.54 Å².